The molecule has 0 aliphatic carbocycles. The number of carbonyl (C=O) groups excluding carboxylic acids is 2. The first-order valence-corrected chi connectivity index (χ1v) is 5.73. The predicted molar refractivity (Wildman–Crippen MR) is 61.2 cm³/mol. The van der Waals surface area contributed by atoms with Crippen molar-refractivity contribution in [2.45, 2.75) is 38.5 Å². The lowest BCUT2D eigenvalue weighted by Gasteiger charge is -2.19. The van der Waals surface area contributed by atoms with Gasteiger partial charge in [0.1, 0.15) is 5.82 Å². The number of imide groups is 1. The third-order valence-corrected chi connectivity index (χ3v) is 2.91. The van der Waals surface area contributed by atoms with Gasteiger partial charge in [0.05, 0.1) is 5.92 Å². The first kappa shape index (κ1) is 11.7. The van der Waals surface area contributed by atoms with E-state index in [0.29, 0.717) is 24.6 Å². The van der Waals surface area contributed by atoms with Crippen LogP contribution in [0.1, 0.15) is 49.9 Å². The van der Waals surface area contributed by atoms with Crippen molar-refractivity contribution in [3.8, 4) is 0 Å². The van der Waals surface area contributed by atoms with Crippen molar-refractivity contribution in [3.05, 3.63) is 23.8 Å². The van der Waals surface area contributed by atoms with Gasteiger partial charge in [0.15, 0.2) is 0 Å². The van der Waals surface area contributed by atoms with E-state index in [4.69, 9.17) is 0 Å². The van der Waals surface area contributed by atoms with Crippen LogP contribution in [0.2, 0.25) is 0 Å². The van der Waals surface area contributed by atoms with Crippen LogP contribution in [0.4, 0.5) is 0 Å². The second kappa shape index (κ2) is 4.61. The Hall–Kier alpha value is -1.78. The number of rotatable bonds is 2. The number of hydrogen-bond donors (Lipinski definition) is 1. The maximum absolute atomic E-state index is 11.6. The molecule has 1 aromatic rings. The minimum absolute atomic E-state index is 0.218. The van der Waals surface area contributed by atoms with E-state index < -0.39 is 5.92 Å². The molecule has 1 aliphatic heterocycles. The van der Waals surface area contributed by atoms with Crippen molar-refractivity contribution < 1.29 is 9.59 Å². The zero-order chi connectivity index (χ0) is 12.4. The Morgan fingerprint density at radius 3 is 2.47 bits per heavy atom. The summed E-state index contributed by atoms with van der Waals surface area (Å²) in [5.74, 6) is -0.0391. The highest BCUT2D eigenvalue weighted by Crippen LogP contribution is 2.22. The number of aromatic nitrogens is 2. The van der Waals surface area contributed by atoms with Gasteiger partial charge in [-0.05, 0) is 17.9 Å². The van der Waals surface area contributed by atoms with Crippen LogP contribution in [0.5, 0.6) is 0 Å². The molecular weight excluding hydrogens is 218 g/mol. The number of piperidine rings is 1. The molecule has 0 bridgehead atoms. The smallest absolute Gasteiger partial charge is 0.237 e. The molecule has 90 valence electrons. The highest BCUT2D eigenvalue weighted by molar-refractivity contribution is 6.00. The van der Waals surface area contributed by atoms with E-state index in [1.54, 1.807) is 12.4 Å². The molecule has 0 aromatic carbocycles. The van der Waals surface area contributed by atoms with Crippen LogP contribution < -0.4 is 5.32 Å². The van der Waals surface area contributed by atoms with Crippen LogP contribution in [-0.4, -0.2) is 21.8 Å². The summed E-state index contributed by atoms with van der Waals surface area (Å²) >= 11 is 0. The van der Waals surface area contributed by atoms with E-state index in [1.165, 1.54) is 0 Å². The maximum Gasteiger partial charge on any atom is 0.237 e. The van der Waals surface area contributed by atoms with Gasteiger partial charge in [0, 0.05) is 18.8 Å². The van der Waals surface area contributed by atoms with Gasteiger partial charge in [0.2, 0.25) is 11.8 Å². The average Bonchev–Trinajstić information content (AvgIpc) is 2.29. The van der Waals surface area contributed by atoms with Gasteiger partial charge < -0.3 is 0 Å². The second-order valence-corrected chi connectivity index (χ2v) is 4.53. The number of hydrogen-bond acceptors (Lipinski definition) is 4. The molecule has 17 heavy (non-hydrogen) atoms. The van der Waals surface area contributed by atoms with E-state index in [2.05, 4.69) is 29.1 Å². The fourth-order valence-electron chi connectivity index (χ4n) is 1.77. The molecule has 5 heteroatoms. The molecule has 1 N–H and O–H groups in total. The highest BCUT2D eigenvalue weighted by Gasteiger charge is 2.29. The molecule has 1 unspecified atom stereocenters. The quantitative estimate of drug-likeness (QED) is 0.777. The van der Waals surface area contributed by atoms with E-state index >= 15 is 0 Å². The molecule has 1 saturated heterocycles. The van der Waals surface area contributed by atoms with Gasteiger partial charge in [0.25, 0.3) is 0 Å². The summed E-state index contributed by atoms with van der Waals surface area (Å²) in [5, 5.41) is 2.31. The van der Waals surface area contributed by atoms with E-state index in [1.807, 2.05) is 0 Å². The molecule has 1 fully saturated rings. The van der Waals surface area contributed by atoms with Crippen LogP contribution in [-0.2, 0) is 9.59 Å². The van der Waals surface area contributed by atoms with Crippen LogP contribution in [0.3, 0.4) is 0 Å². The first-order chi connectivity index (χ1) is 8.08. The Morgan fingerprint density at radius 2 is 1.94 bits per heavy atom. The summed E-state index contributed by atoms with van der Waals surface area (Å²) in [6, 6.07) is 0. The summed E-state index contributed by atoms with van der Waals surface area (Å²) < 4.78 is 0. The van der Waals surface area contributed by atoms with Crippen LogP contribution >= 0.6 is 0 Å². The Bertz CT molecular complexity index is 440. The van der Waals surface area contributed by atoms with Gasteiger partial charge in [-0.1, -0.05) is 13.8 Å². The van der Waals surface area contributed by atoms with Gasteiger partial charge in [-0.25, -0.2) is 9.97 Å². The molecule has 2 heterocycles. The molecule has 1 atom stereocenters. The zero-order valence-electron chi connectivity index (χ0n) is 9.93. The second-order valence-electron chi connectivity index (χ2n) is 4.53. The number of nitrogens with one attached hydrogen (secondary N) is 1. The zero-order valence-corrected chi connectivity index (χ0v) is 9.93. The van der Waals surface area contributed by atoms with Gasteiger partial charge in [-0.15, -0.1) is 0 Å². The first-order valence-electron chi connectivity index (χ1n) is 5.73. The topological polar surface area (TPSA) is 72.0 Å². The lowest BCUT2D eigenvalue weighted by Crippen LogP contribution is -2.40. The van der Waals surface area contributed by atoms with Crippen molar-refractivity contribution in [1.82, 2.24) is 15.3 Å². The van der Waals surface area contributed by atoms with Gasteiger partial charge >= 0.3 is 0 Å². The molecule has 1 aromatic heterocycles. The van der Waals surface area contributed by atoms with E-state index in [9.17, 15) is 9.59 Å². The molecule has 2 amide bonds. The van der Waals surface area contributed by atoms with Gasteiger partial charge in [-0.3, -0.25) is 14.9 Å². The molecule has 2 rings (SSSR count). The molecule has 0 saturated carbocycles. The Labute approximate surface area is 99.7 Å². The van der Waals surface area contributed by atoms with E-state index in [-0.39, 0.29) is 11.8 Å². The highest BCUT2D eigenvalue weighted by atomic mass is 16.2. The summed E-state index contributed by atoms with van der Waals surface area (Å²) in [7, 11) is 0. The third kappa shape index (κ3) is 2.49. The largest absolute Gasteiger partial charge is 0.296 e. The third-order valence-electron chi connectivity index (χ3n) is 2.91. The lowest BCUT2D eigenvalue weighted by molar-refractivity contribution is -0.134. The molecule has 0 spiro atoms. The average molecular weight is 233 g/mol. The molecule has 0 radical (unpaired) electrons. The Kier molecular flexibility index (Phi) is 3.17. The maximum atomic E-state index is 11.6. The van der Waals surface area contributed by atoms with Crippen molar-refractivity contribution in [3.63, 3.8) is 0 Å². The summed E-state index contributed by atoms with van der Waals surface area (Å²) in [6.45, 7) is 4.12. The minimum Gasteiger partial charge on any atom is -0.296 e. The molecular formula is C12H15N3O2. The fraction of sp³-hybridized carbons (Fsp3) is 0.500. The number of carbonyl (C=O) groups is 2. The van der Waals surface area contributed by atoms with Crippen molar-refractivity contribution in [2.24, 2.45) is 0 Å². The normalized spacial score (nSPS) is 20.5. The van der Waals surface area contributed by atoms with E-state index in [0.717, 1.165) is 5.56 Å². The van der Waals surface area contributed by atoms with Crippen molar-refractivity contribution in [2.75, 3.05) is 0 Å². The Morgan fingerprint density at radius 1 is 1.29 bits per heavy atom. The van der Waals surface area contributed by atoms with Crippen molar-refractivity contribution >= 4 is 11.8 Å². The van der Waals surface area contributed by atoms with Gasteiger partial charge in [-0.2, -0.15) is 0 Å². The standard InChI is InChI=1S/C12H15N3O2/c1-7(2)8-5-13-11(14-6-8)9-3-4-10(16)15-12(9)17/h5-7,9H,3-4H2,1-2H3,(H,15,16,17). The number of nitrogens with zero attached hydrogens (tertiary/aromatic N) is 2. The van der Waals surface area contributed by atoms with Crippen molar-refractivity contribution in [1.29, 1.82) is 0 Å². The lowest BCUT2D eigenvalue weighted by atomic mass is 9.97. The summed E-state index contributed by atoms with van der Waals surface area (Å²) in [5.41, 5.74) is 1.04. The van der Waals surface area contributed by atoms with Crippen LogP contribution in [0, 0.1) is 0 Å². The summed E-state index contributed by atoms with van der Waals surface area (Å²) in [6.07, 6.45) is 4.34. The molecule has 1 aliphatic rings. The SMILES string of the molecule is CC(C)c1cnc(C2CCC(=O)NC2=O)nc1. The number of amides is 2. The fourth-order valence-corrected chi connectivity index (χ4v) is 1.77. The van der Waals surface area contributed by atoms with Crippen LogP contribution in [0.25, 0.3) is 0 Å². The monoisotopic (exact) mass is 233 g/mol. The van der Waals surface area contributed by atoms with Crippen LogP contribution in [0.15, 0.2) is 12.4 Å². The predicted octanol–water partition coefficient (Wildman–Crippen LogP) is 1.12. The summed E-state index contributed by atoms with van der Waals surface area (Å²) in [4.78, 5) is 31.1. The minimum atomic E-state index is -0.395. The molecule has 5 nitrogen and oxygen atoms in total. The Balaban J connectivity index is 2.17.